The van der Waals surface area contributed by atoms with Gasteiger partial charge in [0.15, 0.2) is 18.9 Å². The Labute approximate surface area is 658 Å². The zero-order valence-electron chi connectivity index (χ0n) is 67.2. The van der Waals surface area contributed by atoms with E-state index in [-0.39, 0.29) is 18.9 Å². The number of aliphatic hydroxyl groups excluding tert-OH is 11. The Kier molecular flexibility index (Phi) is 62.2. The molecule has 0 aromatic carbocycles. The largest absolute Gasteiger partial charge is 0.394 e. The summed E-state index contributed by atoms with van der Waals surface area (Å²) in [5.41, 5.74) is 0. The van der Waals surface area contributed by atoms with Gasteiger partial charge in [-0.2, -0.15) is 0 Å². The van der Waals surface area contributed by atoms with Gasteiger partial charge in [0.2, 0.25) is 5.91 Å². The van der Waals surface area contributed by atoms with Gasteiger partial charge in [0.25, 0.3) is 0 Å². The third-order valence-corrected chi connectivity index (χ3v) is 20.4. The van der Waals surface area contributed by atoms with Crippen LogP contribution >= 0.6 is 0 Å². The summed E-state index contributed by atoms with van der Waals surface area (Å²) in [6, 6.07) is -1.01. The monoisotopic (exact) mass is 1540 g/mol. The van der Waals surface area contributed by atoms with Gasteiger partial charge in [0.1, 0.15) is 73.2 Å². The molecule has 0 saturated carbocycles. The summed E-state index contributed by atoms with van der Waals surface area (Å²) in [5.74, 6) is -0.301. The summed E-state index contributed by atoms with van der Waals surface area (Å²) < 4.78 is 34.5. The van der Waals surface area contributed by atoms with Gasteiger partial charge in [-0.25, -0.2) is 0 Å². The number of hydrogen-bond acceptors (Lipinski definition) is 18. The molecule has 3 aliphatic rings. The van der Waals surface area contributed by atoms with E-state index in [1.54, 1.807) is 6.08 Å². The molecule has 12 N–H and O–H groups in total. The fourth-order valence-electron chi connectivity index (χ4n) is 13.6. The number of ether oxygens (including phenoxy) is 6. The number of amides is 1. The minimum atomic E-state index is -1.99. The van der Waals surface area contributed by atoms with Gasteiger partial charge in [-0.3, -0.25) is 4.79 Å². The molecule has 0 radical (unpaired) electrons. The summed E-state index contributed by atoms with van der Waals surface area (Å²) >= 11 is 0. The number of hydrogen-bond donors (Lipinski definition) is 12. The smallest absolute Gasteiger partial charge is 0.220 e. The van der Waals surface area contributed by atoms with Crippen LogP contribution in [0.1, 0.15) is 296 Å². The van der Waals surface area contributed by atoms with Crippen molar-refractivity contribution in [2.75, 3.05) is 26.4 Å². The van der Waals surface area contributed by atoms with Gasteiger partial charge in [0.05, 0.1) is 38.6 Å². The molecule has 626 valence electrons. The van der Waals surface area contributed by atoms with E-state index in [9.17, 15) is 61.0 Å². The number of unbranched alkanes of at least 4 members (excludes halogenated alkanes) is 31. The molecule has 0 aliphatic carbocycles. The predicted octanol–water partition coefficient (Wildman–Crippen LogP) is 15.6. The minimum absolute atomic E-state index is 0.213. The zero-order valence-corrected chi connectivity index (χ0v) is 67.2. The Bertz CT molecular complexity index is 2490. The van der Waals surface area contributed by atoms with Crippen molar-refractivity contribution in [1.29, 1.82) is 0 Å². The first-order valence-electron chi connectivity index (χ1n) is 42.9. The molecular formula is C90H153NO18. The number of carbonyl (C=O) groups is 1. The number of rotatable bonds is 67. The first-order valence-corrected chi connectivity index (χ1v) is 42.9. The molecule has 19 nitrogen and oxygen atoms in total. The van der Waals surface area contributed by atoms with Gasteiger partial charge in [-0.05, 0) is 109 Å². The quantitative estimate of drug-likeness (QED) is 0.0199. The maximum absolute atomic E-state index is 13.5. The van der Waals surface area contributed by atoms with Gasteiger partial charge in [-0.1, -0.05) is 314 Å². The first kappa shape index (κ1) is 99.1. The summed E-state index contributed by atoms with van der Waals surface area (Å²) in [6.07, 6.45) is 71.6. The molecule has 17 atom stereocenters. The number of allylic oxidation sites excluding steroid dienone is 21. The fraction of sp³-hybridized carbons (Fsp3) is 0.744. The molecule has 109 heavy (non-hydrogen) atoms. The van der Waals surface area contributed by atoms with Gasteiger partial charge >= 0.3 is 0 Å². The average molecular weight is 1540 g/mol. The molecule has 1 amide bonds. The molecule has 3 fully saturated rings. The van der Waals surface area contributed by atoms with E-state index in [4.69, 9.17) is 28.4 Å². The first-order chi connectivity index (χ1) is 53.3. The van der Waals surface area contributed by atoms with Crippen molar-refractivity contribution < 1.29 is 89.4 Å². The number of nitrogens with one attached hydrogen (secondary N) is 1. The lowest BCUT2D eigenvalue weighted by Crippen LogP contribution is -2.66. The maximum Gasteiger partial charge on any atom is 0.220 e. The highest BCUT2D eigenvalue weighted by molar-refractivity contribution is 5.76. The van der Waals surface area contributed by atoms with E-state index in [0.29, 0.717) is 12.8 Å². The lowest BCUT2D eigenvalue weighted by Gasteiger charge is -2.48. The van der Waals surface area contributed by atoms with Crippen molar-refractivity contribution in [2.45, 2.75) is 401 Å². The topological polar surface area (TPSA) is 307 Å². The third kappa shape index (κ3) is 47.4. The van der Waals surface area contributed by atoms with Crippen molar-refractivity contribution in [3.8, 4) is 0 Å². The number of aliphatic hydroxyl groups is 11. The molecule has 19 heteroatoms. The average Bonchev–Trinajstić information content (AvgIpc) is 0.782. The summed E-state index contributed by atoms with van der Waals surface area (Å²) in [6.45, 7) is 1.61. The van der Waals surface area contributed by atoms with Crippen molar-refractivity contribution in [3.63, 3.8) is 0 Å². The van der Waals surface area contributed by atoms with E-state index in [1.807, 2.05) is 6.08 Å². The van der Waals surface area contributed by atoms with Crippen LogP contribution in [0.2, 0.25) is 0 Å². The second-order valence-corrected chi connectivity index (χ2v) is 29.9. The van der Waals surface area contributed by atoms with Crippen LogP contribution in [0, 0.1) is 0 Å². The van der Waals surface area contributed by atoms with Crippen molar-refractivity contribution >= 4 is 5.91 Å². The van der Waals surface area contributed by atoms with E-state index in [0.717, 1.165) is 122 Å². The van der Waals surface area contributed by atoms with Crippen molar-refractivity contribution in [2.24, 2.45) is 0 Å². The van der Waals surface area contributed by atoms with E-state index in [2.05, 4.69) is 141 Å². The molecule has 3 rings (SSSR count). The Morgan fingerprint density at radius 1 is 0.339 bits per heavy atom. The lowest BCUT2D eigenvalue weighted by atomic mass is 9.96. The summed E-state index contributed by atoms with van der Waals surface area (Å²) in [7, 11) is 0. The zero-order chi connectivity index (χ0) is 78.8. The van der Waals surface area contributed by atoms with E-state index >= 15 is 0 Å². The molecular weight excluding hydrogens is 1380 g/mol. The molecule has 3 heterocycles. The molecule has 0 aromatic rings. The highest BCUT2D eigenvalue weighted by atomic mass is 16.8. The molecule has 0 spiro atoms. The Balaban J connectivity index is 1.38. The Morgan fingerprint density at radius 3 is 1.03 bits per heavy atom. The van der Waals surface area contributed by atoms with Crippen LogP contribution in [0.5, 0.6) is 0 Å². The van der Waals surface area contributed by atoms with E-state index in [1.165, 1.54) is 141 Å². The molecule has 3 aliphatic heterocycles. The second kappa shape index (κ2) is 68.3. The van der Waals surface area contributed by atoms with Crippen LogP contribution < -0.4 is 5.32 Å². The minimum Gasteiger partial charge on any atom is -0.394 e. The maximum atomic E-state index is 13.5. The SMILES string of the molecule is CC/C=C\C/C=C\C/C=C\C/C=C\C/C=C\C/C=C\C/C=C\C/C=C\CCCCCCCCCCC(=O)NC(COC1OC(CO)C(OC2OC(CO)C(OC3OC(CO)C(O)C(O)C3O)C(O)C2O)C(O)C1O)C(O)/C=C/CC/C=C/CC/C=C/CCCCCCCCCCCCCCCCCCCCCCC. The Hall–Kier alpha value is -4.07. The van der Waals surface area contributed by atoms with Crippen LogP contribution in [0.15, 0.2) is 134 Å². The Morgan fingerprint density at radius 2 is 0.642 bits per heavy atom. The van der Waals surface area contributed by atoms with E-state index < -0.39 is 124 Å². The second-order valence-electron chi connectivity index (χ2n) is 29.9. The van der Waals surface area contributed by atoms with Crippen LogP contribution in [-0.2, 0) is 33.2 Å². The fourth-order valence-corrected chi connectivity index (χ4v) is 13.6. The standard InChI is InChI=1S/C90H153NO18/c1-3-5-7-9-11-13-15-17-19-21-23-25-27-29-31-33-35-36-38-40-42-44-46-48-50-52-54-56-58-60-62-64-66-68-78(96)91-73(74(95)67-65-63-61-59-57-55-53-51-49-47-45-43-41-39-37-34-32-30-28-26-24-22-20-18-16-14-12-10-8-6-4-2)72-104-88-84(102)81(99)86(76(70-93)106-88)109-90-85(103)82(100)87(77(71-94)107-90)108-89-83(101)80(98)79(97)75(69-92)105-89/h5,7,11,13,17,19,23,25,29,31,35-36,40,42,46,48-49,51,57,59,65,67,73-77,79-90,92-95,97-103H,3-4,6,8-10,12,14-16,18,20-22,24,26-28,30,32-34,37-39,41,43-45,47,50,52-56,58,60-64,66,68-72H2,1-2H3,(H,91,96)/b7-5-,13-11-,19-17-,25-23-,31-29-,36-35-,42-40-,48-46-,51-49+,59-57+,67-65+. The van der Waals surface area contributed by atoms with Crippen molar-refractivity contribution in [1.82, 2.24) is 5.32 Å². The highest BCUT2D eigenvalue weighted by Crippen LogP contribution is 2.33. The van der Waals surface area contributed by atoms with Crippen LogP contribution in [0.3, 0.4) is 0 Å². The van der Waals surface area contributed by atoms with Crippen molar-refractivity contribution in [3.05, 3.63) is 134 Å². The molecule has 0 bridgehead atoms. The highest BCUT2D eigenvalue weighted by Gasteiger charge is 2.54. The predicted molar refractivity (Wildman–Crippen MR) is 438 cm³/mol. The van der Waals surface area contributed by atoms with Crippen LogP contribution in [-0.4, -0.2) is 193 Å². The summed E-state index contributed by atoms with van der Waals surface area (Å²) in [4.78, 5) is 13.5. The van der Waals surface area contributed by atoms with Gasteiger partial charge in [0, 0.05) is 6.42 Å². The molecule has 0 aromatic heterocycles. The van der Waals surface area contributed by atoms with Gasteiger partial charge in [-0.15, -0.1) is 0 Å². The summed E-state index contributed by atoms with van der Waals surface area (Å²) in [5, 5.41) is 121. The van der Waals surface area contributed by atoms with Crippen LogP contribution in [0.25, 0.3) is 0 Å². The molecule has 17 unspecified atom stereocenters. The lowest BCUT2D eigenvalue weighted by molar-refractivity contribution is -0.379. The normalized spacial score (nSPS) is 26.0. The third-order valence-electron chi connectivity index (χ3n) is 20.4. The van der Waals surface area contributed by atoms with Crippen LogP contribution in [0.4, 0.5) is 0 Å². The molecule has 3 saturated heterocycles. The van der Waals surface area contributed by atoms with Gasteiger partial charge < -0.3 is 89.9 Å². The number of carbonyl (C=O) groups excluding carboxylic acids is 1.